The first kappa shape index (κ1) is 15.0. The molecule has 0 saturated heterocycles. The van der Waals surface area contributed by atoms with Gasteiger partial charge in [-0.15, -0.1) is 11.3 Å². The maximum absolute atomic E-state index is 12.6. The number of aliphatic carboxylic acids is 1. The molecule has 1 amide bonds. The van der Waals surface area contributed by atoms with Crippen LogP contribution in [0.1, 0.15) is 48.7 Å². The minimum atomic E-state index is -0.843. The number of carbonyl (C=O) groups excluding carboxylic acids is 1. The Labute approximate surface area is 123 Å². The third-order valence-electron chi connectivity index (χ3n) is 3.90. The van der Waals surface area contributed by atoms with Crippen molar-refractivity contribution < 1.29 is 14.7 Å². The molecule has 1 aliphatic carbocycles. The SMILES string of the molecule is CC(CN(C(=O)c1cccs1)C1CCCCC1)C(=O)O. The Morgan fingerprint density at radius 2 is 2.10 bits per heavy atom. The number of thiophene rings is 1. The zero-order valence-corrected chi connectivity index (χ0v) is 12.6. The van der Waals surface area contributed by atoms with Crippen molar-refractivity contribution in [2.24, 2.45) is 5.92 Å². The molecule has 20 heavy (non-hydrogen) atoms. The van der Waals surface area contributed by atoms with Crippen LogP contribution in [-0.2, 0) is 4.79 Å². The smallest absolute Gasteiger partial charge is 0.308 e. The van der Waals surface area contributed by atoms with E-state index >= 15 is 0 Å². The first-order chi connectivity index (χ1) is 9.59. The van der Waals surface area contributed by atoms with Gasteiger partial charge in [0.1, 0.15) is 0 Å². The summed E-state index contributed by atoms with van der Waals surface area (Å²) in [6.07, 6.45) is 5.44. The topological polar surface area (TPSA) is 57.6 Å². The van der Waals surface area contributed by atoms with Crippen LogP contribution >= 0.6 is 11.3 Å². The van der Waals surface area contributed by atoms with Crippen LogP contribution in [0, 0.1) is 5.92 Å². The minimum Gasteiger partial charge on any atom is -0.481 e. The average molecular weight is 295 g/mol. The molecule has 1 aromatic heterocycles. The summed E-state index contributed by atoms with van der Waals surface area (Å²) in [6, 6.07) is 3.87. The molecule has 0 aromatic carbocycles. The van der Waals surface area contributed by atoms with Gasteiger partial charge >= 0.3 is 5.97 Å². The van der Waals surface area contributed by atoms with E-state index in [9.17, 15) is 9.59 Å². The predicted octanol–water partition coefficient (Wildman–Crippen LogP) is 3.24. The van der Waals surface area contributed by atoms with Crippen molar-refractivity contribution in [1.82, 2.24) is 4.90 Å². The summed E-state index contributed by atoms with van der Waals surface area (Å²) in [6.45, 7) is 1.97. The Hall–Kier alpha value is -1.36. The van der Waals surface area contributed by atoms with Gasteiger partial charge in [0.15, 0.2) is 0 Å². The second-order valence-electron chi connectivity index (χ2n) is 5.47. The van der Waals surface area contributed by atoms with Crippen molar-refractivity contribution in [2.75, 3.05) is 6.54 Å². The van der Waals surface area contributed by atoms with Crippen LogP contribution in [0.25, 0.3) is 0 Å². The quantitative estimate of drug-likeness (QED) is 0.907. The number of carbonyl (C=O) groups is 2. The van der Waals surface area contributed by atoms with Crippen LogP contribution in [0.3, 0.4) is 0 Å². The molecule has 0 radical (unpaired) electrons. The van der Waals surface area contributed by atoms with Crippen LogP contribution in [0.15, 0.2) is 17.5 Å². The van der Waals surface area contributed by atoms with Crippen LogP contribution in [0.4, 0.5) is 0 Å². The van der Waals surface area contributed by atoms with Crippen LogP contribution in [-0.4, -0.2) is 34.5 Å². The van der Waals surface area contributed by atoms with E-state index in [-0.39, 0.29) is 11.9 Å². The highest BCUT2D eigenvalue weighted by atomic mass is 32.1. The molecule has 1 heterocycles. The number of carboxylic acids is 1. The molecule has 110 valence electrons. The third kappa shape index (κ3) is 3.60. The van der Waals surface area contributed by atoms with E-state index in [2.05, 4.69) is 0 Å². The van der Waals surface area contributed by atoms with Gasteiger partial charge in [-0.1, -0.05) is 32.3 Å². The highest BCUT2D eigenvalue weighted by Crippen LogP contribution is 2.26. The average Bonchev–Trinajstić information content (AvgIpc) is 2.98. The fourth-order valence-corrected chi connectivity index (χ4v) is 3.38. The van der Waals surface area contributed by atoms with E-state index in [0.29, 0.717) is 11.4 Å². The molecular formula is C15H21NO3S. The van der Waals surface area contributed by atoms with Crippen LogP contribution in [0.2, 0.25) is 0 Å². The van der Waals surface area contributed by atoms with E-state index < -0.39 is 11.9 Å². The van der Waals surface area contributed by atoms with Crippen molar-refractivity contribution in [3.05, 3.63) is 22.4 Å². The number of hydrogen-bond donors (Lipinski definition) is 1. The summed E-state index contributed by atoms with van der Waals surface area (Å²) in [5, 5.41) is 11.0. The van der Waals surface area contributed by atoms with E-state index in [1.165, 1.54) is 17.8 Å². The van der Waals surface area contributed by atoms with Gasteiger partial charge in [0, 0.05) is 12.6 Å². The summed E-state index contributed by atoms with van der Waals surface area (Å²) >= 11 is 1.42. The predicted molar refractivity (Wildman–Crippen MR) is 79.0 cm³/mol. The number of carboxylic acid groups (broad SMARTS) is 1. The summed E-state index contributed by atoms with van der Waals surface area (Å²) in [7, 11) is 0. The second kappa shape index (κ2) is 6.88. The Kier molecular flexibility index (Phi) is 5.17. The highest BCUT2D eigenvalue weighted by Gasteiger charge is 2.29. The van der Waals surface area contributed by atoms with Crippen molar-refractivity contribution >= 4 is 23.2 Å². The normalized spacial score (nSPS) is 17.6. The summed E-state index contributed by atoms with van der Waals surface area (Å²) in [4.78, 5) is 26.2. The summed E-state index contributed by atoms with van der Waals surface area (Å²) in [5.74, 6) is -1.38. The molecule has 5 heteroatoms. The molecule has 1 aromatic rings. The Balaban J connectivity index is 2.14. The Bertz CT molecular complexity index is 452. The second-order valence-corrected chi connectivity index (χ2v) is 6.41. The first-order valence-corrected chi connectivity index (χ1v) is 8.05. The van der Waals surface area contributed by atoms with Gasteiger partial charge in [-0.3, -0.25) is 9.59 Å². The van der Waals surface area contributed by atoms with E-state index in [1.807, 2.05) is 17.5 Å². The lowest BCUT2D eigenvalue weighted by Crippen LogP contribution is -2.44. The molecule has 1 unspecified atom stereocenters. The molecule has 2 rings (SSSR count). The van der Waals surface area contributed by atoms with Crippen molar-refractivity contribution in [1.29, 1.82) is 0 Å². The molecule has 0 aliphatic heterocycles. The van der Waals surface area contributed by atoms with Gasteiger partial charge in [0.05, 0.1) is 10.8 Å². The zero-order valence-electron chi connectivity index (χ0n) is 11.7. The molecule has 4 nitrogen and oxygen atoms in total. The maximum Gasteiger partial charge on any atom is 0.308 e. The van der Waals surface area contributed by atoms with Crippen molar-refractivity contribution in [3.8, 4) is 0 Å². The van der Waals surface area contributed by atoms with Crippen molar-refractivity contribution in [2.45, 2.75) is 45.1 Å². The van der Waals surface area contributed by atoms with E-state index in [1.54, 1.807) is 11.8 Å². The van der Waals surface area contributed by atoms with Gasteiger partial charge < -0.3 is 10.0 Å². The fraction of sp³-hybridized carbons (Fsp3) is 0.600. The minimum absolute atomic E-state index is 0.0139. The number of rotatable bonds is 5. The number of amides is 1. The van der Waals surface area contributed by atoms with Gasteiger partial charge in [0.25, 0.3) is 5.91 Å². The third-order valence-corrected chi connectivity index (χ3v) is 4.76. The van der Waals surface area contributed by atoms with Gasteiger partial charge in [0.2, 0.25) is 0 Å². The molecule has 1 fully saturated rings. The lowest BCUT2D eigenvalue weighted by molar-refractivity contribution is -0.141. The first-order valence-electron chi connectivity index (χ1n) is 7.17. The monoisotopic (exact) mass is 295 g/mol. The summed E-state index contributed by atoms with van der Waals surface area (Å²) < 4.78 is 0. The Morgan fingerprint density at radius 1 is 1.40 bits per heavy atom. The fourth-order valence-electron chi connectivity index (χ4n) is 2.71. The molecule has 1 saturated carbocycles. The molecule has 0 bridgehead atoms. The Morgan fingerprint density at radius 3 is 2.65 bits per heavy atom. The van der Waals surface area contributed by atoms with Crippen LogP contribution < -0.4 is 0 Å². The molecular weight excluding hydrogens is 274 g/mol. The van der Waals surface area contributed by atoms with E-state index in [4.69, 9.17) is 5.11 Å². The number of nitrogens with zero attached hydrogens (tertiary/aromatic N) is 1. The standard InChI is InChI=1S/C15H21NO3S/c1-11(15(18)19)10-16(12-6-3-2-4-7-12)14(17)13-8-5-9-20-13/h5,8-9,11-12H,2-4,6-7,10H2,1H3,(H,18,19). The van der Waals surface area contributed by atoms with Crippen LogP contribution in [0.5, 0.6) is 0 Å². The molecule has 1 atom stereocenters. The lowest BCUT2D eigenvalue weighted by Gasteiger charge is -2.35. The lowest BCUT2D eigenvalue weighted by atomic mass is 9.93. The molecule has 1 aliphatic rings. The summed E-state index contributed by atoms with van der Waals surface area (Å²) in [5.41, 5.74) is 0. The van der Waals surface area contributed by atoms with E-state index in [0.717, 1.165) is 25.7 Å². The number of hydrogen-bond acceptors (Lipinski definition) is 3. The highest BCUT2D eigenvalue weighted by molar-refractivity contribution is 7.12. The molecule has 0 spiro atoms. The van der Waals surface area contributed by atoms with Gasteiger partial charge in [-0.25, -0.2) is 0 Å². The van der Waals surface area contributed by atoms with Crippen molar-refractivity contribution in [3.63, 3.8) is 0 Å². The zero-order chi connectivity index (χ0) is 14.5. The van der Waals surface area contributed by atoms with Gasteiger partial charge in [-0.05, 0) is 24.3 Å². The van der Waals surface area contributed by atoms with Gasteiger partial charge in [-0.2, -0.15) is 0 Å². The maximum atomic E-state index is 12.6. The largest absolute Gasteiger partial charge is 0.481 e. The molecule has 1 N–H and O–H groups in total.